The second kappa shape index (κ2) is 8.44. The Balaban J connectivity index is 1.89. The highest BCUT2D eigenvalue weighted by Crippen LogP contribution is 2.13. The first-order valence-electron chi connectivity index (χ1n) is 6.99. The number of anilines is 1. The molecule has 0 saturated heterocycles. The summed E-state index contributed by atoms with van der Waals surface area (Å²) in [4.78, 5) is 15.2. The van der Waals surface area contributed by atoms with Crippen molar-refractivity contribution < 1.29 is 9.90 Å². The Labute approximate surface area is 129 Å². The van der Waals surface area contributed by atoms with Crippen LogP contribution in [0.1, 0.15) is 11.3 Å². The van der Waals surface area contributed by atoms with Crippen LogP contribution < -0.4 is 10.2 Å². The number of benzene rings is 1. The number of nitrogens with zero attached hydrogens (tertiary/aromatic N) is 1. The topological polar surface area (TPSA) is 52.6 Å². The third-order valence-corrected chi connectivity index (χ3v) is 3.96. The van der Waals surface area contributed by atoms with E-state index in [0.29, 0.717) is 26.1 Å². The van der Waals surface area contributed by atoms with Crippen LogP contribution in [-0.4, -0.2) is 30.7 Å². The average molecular weight is 304 g/mol. The van der Waals surface area contributed by atoms with Crippen molar-refractivity contribution in [2.45, 2.75) is 13.0 Å². The fourth-order valence-electron chi connectivity index (χ4n) is 2.03. The smallest absolute Gasteiger partial charge is 0.239 e. The predicted molar refractivity (Wildman–Crippen MR) is 86.5 cm³/mol. The Kier molecular flexibility index (Phi) is 6.24. The average Bonchev–Trinajstić information content (AvgIpc) is 3.03. The molecule has 1 amide bonds. The standard InChI is InChI=1S/C16H20N2O2S/c19-10-5-9-18(14-6-2-1-3-7-14)13-16(20)17-12-15-8-4-11-21-15/h1-4,6-8,11,19H,5,9-10,12-13H2,(H,17,20). The zero-order valence-corrected chi connectivity index (χ0v) is 12.7. The Morgan fingerprint density at radius 3 is 2.67 bits per heavy atom. The number of hydrogen-bond acceptors (Lipinski definition) is 4. The first-order valence-corrected chi connectivity index (χ1v) is 7.87. The molecule has 0 bridgehead atoms. The second-order valence-corrected chi connectivity index (χ2v) is 5.72. The minimum atomic E-state index is -0.00908. The molecule has 1 heterocycles. The van der Waals surface area contributed by atoms with Gasteiger partial charge < -0.3 is 15.3 Å². The van der Waals surface area contributed by atoms with Gasteiger partial charge in [0.2, 0.25) is 5.91 Å². The lowest BCUT2D eigenvalue weighted by Crippen LogP contribution is -2.37. The van der Waals surface area contributed by atoms with E-state index in [0.717, 1.165) is 10.6 Å². The number of rotatable bonds is 8. The summed E-state index contributed by atoms with van der Waals surface area (Å²) in [6.07, 6.45) is 0.646. The van der Waals surface area contributed by atoms with Gasteiger partial charge in [0.05, 0.1) is 13.1 Å². The number of carbonyl (C=O) groups excluding carboxylic acids is 1. The van der Waals surface area contributed by atoms with Crippen LogP contribution in [0.4, 0.5) is 5.69 Å². The van der Waals surface area contributed by atoms with Gasteiger partial charge in [-0.25, -0.2) is 0 Å². The number of aliphatic hydroxyl groups excluding tert-OH is 1. The normalized spacial score (nSPS) is 10.3. The van der Waals surface area contributed by atoms with Crippen LogP contribution in [0.2, 0.25) is 0 Å². The molecule has 0 saturated carbocycles. The van der Waals surface area contributed by atoms with Crippen LogP contribution >= 0.6 is 11.3 Å². The van der Waals surface area contributed by atoms with Gasteiger partial charge in [0, 0.05) is 23.7 Å². The van der Waals surface area contributed by atoms with Crippen LogP contribution in [-0.2, 0) is 11.3 Å². The molecule has 0 atom stereocenters. The highest BCUT2D eigenvalue weighted by atomic mass is 32.1. The summed E-state index contributed by atoms with van der Waals surface area (Å²) < 4.78 is 0. The van der Waals surface area contributed by atoms with E-state index in [9.17, 15) is 4.79 Å². The zero-order valence-electron chi connectivity index (χ0n) is 11.9. The Bertz CT molecular complexity index is 528. The zero-order chi connectivity index (χ0) is 14.9. The monoisotopic (exact) mass is 304 g/mol. The number of carbonyl (C=O) groups is 1. The van der Waals surface area contributed by atoms with Gasteiger partial charge in [-0.2, -0.15) is 0 Å². The van der Waals surface area contributed by atoms with E-state index in [1.54, 1.807) is 11.3 Å². The summed E-state index contributed by atoms with van der Waals surface area (Å²) in [5.41, 5.74) is 0.997. The van der Waals surface area contributed by atoms with Gasteiger partial charge in [0.25, 0.3) is 0 Å². The molecule has 0 unspecified atom stereocenters. The molecule has 0 spiro atoms. The summed E-state index contributed by atoms with van der Waals surface area (Å²) >= 11 is 1.63. The van der Waals surface area contributed by atoms with Crippen LogP contribution in [0.25, 0.3) is 0 Å². The summed E-state index contributed by atoms with van der Waals surface area (Å²) in [6.45, 7) is 1.65. The van der Waals surface area contributed by atoms with Crippen LogP contribution in [0, 0.1) is 0 Å². The number of aliphatic hydroxyl groups is 1. The van der Waals surface area contributed by atoms with Crippen molar-refractivity contribution in [1.82, 2.24) is 5.32 Å². The van der Waals surface area contributed by atoms with E-state index in [-0.39, 0.29) is 12.5 Å². The van der Waals surface area contributed by atoms with E-state index in [1.807, 2.05) is 52.7 Å². The lowest BCUT2D eigenvalue weighted by Gasteiger charge is -2.24. The summed E-state index contributed by atoms with van der Waals surface area (Å²) in [5.74, 6) is -0.00908. The maximum absolute atomic E-state index is 12.1. The molecule has 0 aliphatic heterocycles. The van der Waals surface area contributed by atoms with Gasteiger partial charge in [0.1, 0.15) is 0 Å². The van der Waals surface area contributed by atoms with Crippen molar-refractivity contribution in [3.8, 4) is 0 Å². The minimum absolute atomic E-state index is 0.00908. The molecule has 2 N–H and O–H groups in total. The number of thiophene rings is 1. The minimum Gasteiger partial charge on any atom is -0.396 e. The molecular formula is C16H20N2O2S. The SMILES string of the molecule is O=C(CN(CCCO)c1ccccc1)NCc1cccs1. The molecule has 0 aliphatic rings. The molecule has 0 aliphatic carbocycles. The molecule has 112 valence electrons. The molecule has 0 fully saturated rings. The van der Waals surface area contributed by atoms with Crippen molar-refractivity contribution in [3.05, 3.63) is 52.7 Å². The molecule has 5 heteroatoms. The molecule has 21 heavy (non-hydrogen) atoms. The number of amides is 1. The fraction of sp³-hybridized carbons (Fsp3) is 0.312. The first-order chi connectivity index (χ1) is 10.3. The largest absolute Gasteiger partial charge is 0.396 e. The molecular weight excluding hydrogens is 284 g/mol. The van der Waals surface area contributed by atoms with Crippen LogP contribution in [0.5, 0.6) is 0 Å². The van der Waals surface area contributed by atoms with Crippen molar-refractivity contribution >= 4 is 22.9 Å². The maximum atomic E-state index is 12.1. The summed E-state index contributed by atoms with van der Waals surface area (Å²) in [6, 6.07) is 13.8. The lowest BCUT2D eigenvalue weighted by molar-refractivity contribution is -0.119. The molecule has 2 rings (SSSR count). The van der Waals surface area contributed by atoms with E-state index < -0.39 is 0 Å². The summed E-state index contributed by atoms with van der Waals surface area (Å²) in [7, 11) is 0. The first kappa shape index (κ1) is 15.5. The molecule has 1 aromatic heterocycles. The molecule has 2 aromatic rings. The maximum Gasteiger partial charge on any atom is 0.239 e. The molecule has 0 radical (unpaired) electrons. The second-order valence-electron chi connectivity index (χ2n) is 4.69. The van der Waals surface area contributed by atoms with Gasteiger partial charge in [-0.3, -0.25) is 4.79 Å². The number of nitrogens with one attached hydrogen (secondary N) is 1. The van der Waals surface area contributed by atoms with E-state index in [1.165, 1.54) is 0 Å². The third-order valence-electron chi connectivity index (χ3n) is 3.08. The van der Waals surface area contributed by atoms with Gasteiger partial charge in [0.15, 0.2) is 0 Å². The van der Waals surface area contributed by atoms with E-state index in [2.05, 4.69) is 5.32 Å². The van der Waals surface area contributed by atoms with Gasteiger partial charge in [-0.1, -0.05) is 24.3 Å². The van der Waals surface area contributed by atoms with Gasteiger partial charge >= 0.3 is 0 Å². The summed E-state index contributed by atoms with van der Waals surface area (Å²) in [5, 5.41) is 13.9. The molecule has 4 nitrogen and oxygen atoms in total. The Morgan fingerprint density at radius 1 is 1.19 bits per heavy atom. The fourth-order valence-corrected chi connectivity index (χ4v) is 2.67. The lowest BCUT2D eigenvalue weighted by atomic mass is 10.2. The van der Waals surface area contributed by atoms with Crippen molar-refractivity contribution in [1.29, 1.82) is 0 Å². The number of hydrogen-bond donors (Lipinski definition) is 2. The van der Waals surface area contributed by atoms with Gasteiger partial charge in [-0.15, -0.1) is 11.3 Å². The third kappa shape index (κ3) is 5.21. The van der Waals surface area contributed by atoms with Crippen LogP contribution in [0.15, 0.2) is 47.8 Å². The Morgan fingerprint density at radius 2 is 2.00 bits per heavy atom. The highest BCUT2D eigenvalue weighted by Gasteiger charge is 2.11. The van der Waals surface area contributed by atoms with Gasteiger partial charge in [-0.05, 0) is 30.0 Å². The Hall–Kier alpha value is -1.85. The van der Waals surface area contributed by atoms with E-state index in [4.69, 9.17) is 5.11 Å². The van der Waals surface area contributed by atoms with Crippen molar-refractivity contribution in [2.24, 2.45) is 0 Å². The van der Waals surface area contributed by atoms with Crippen molar-refractivity contribution in [3.63, 3.8) is 0 Å². The number of para-hydroxylation sites is 1. The van der Waals surface area contributed by atoms with E-state index >= 15 is 0 Å². The van der Waals surface area contributed by atoms with Crippen molar-refractivity contribution in [2.75, 3.05) is 24.6 Å². The highest BCUT2D eigenvalue weighted by molar-refractivity contribution is 7.09. The van der Waals surface area contributed by atoms with Crippen LogP contribution in [0.3, 0.4) is 0 Å². The quantitative estimate of drug-likeness (QED) is 0.786. The molecule has 1 aromatic carbocycles. The predicted octanol–water partition coefficient (Wildman–Crippen LogP) is 2.25.